The lowest BCUT2D eigenvalue weighted by Crippen LogP contribution is -2.33. The number of nitrogens with one attached hydrogen (secondary N) is 1. The Balaban J connectivity index is 0.00000225. The summed E-state index contributed by atoms with van der Waals surface area (Å²) in [6.07, 6.45) is 2.60. The first-order chi connectivity index (χ1) is 11.8. The molecule has 0 bridgehead atoms. The smallest absolute Gasteiger partial charge is 0.216 e. The fourth-order valence-electron chi connectivity index (χ4n) is 2.31. The van der Waals surface area contributed by atoms with E-state index in [-0.39, 0.29) is 24.0 Å². The SMILES string of the molecule is I.NC(=NCc1ncc(-c2ccccc2)o1)NCCc1ccccc1. The molecule has 130 valence electrons. The zero-order valence-electron chi connectivity index (χ0n) is 13.8. The standard InChI is InChI=1S/C19H20N4O.HI/c20-19(21-12-11-15-7-3-1-4-8-15)23-14-18-22-13-17(24-18)16-9-5-2-6-10-16;/h1-10,13H,11-12,14H2,(H3,20,21,23);1H. The van der Waals surface area contributed by atoms with Crippen molar-refractivity contribution in [2.45, 2.75) is 13.0 Å². The fraction of sp³-hybridized carbons (Fsp3) is 0.158. The molecule has 0 saturated heterocycles. The molecule has 3 rings (SSSR count). The van der Waals surface area contributed by atoms with Crippen molar-refractivity contribution in [3.8, 4) is 11.3 Å². The predicted molar refractivity (Wildman–Crippen MR) is 111 cm³/mol. The number of hydrogen-bond acceptors (Lipinski definition) is 3. The maximum absolute atomic E-state index is 5.87. The van der Waals surface area contributed by atoms with Gasteiger partial charge in [-0.15, -0.1) is 24.0 Å². The minimum atomic E-state index is 0. The van der Waals surface area contributed by atoms with E-state index in [1.54, 1.807) is 6.20 Å². The number of oxazole rings is 1. The van der Waals surface area contributed by atoms with Gasteiger partial charge in [0.05, 0.1) is 6.20 Å². The summed E-state index contributed by atoms with van der Waals surface area (Å²) in [7, 11) is 0. The van der Waals surface area contributed by atoms with Crippen molar-refractivity contribution in [3.05, 3.63) is 78.3 Å². The Labute approximate surface area is 164 Å². The van der Waals surface area contributed by atoms with Crippen molar-refractivity contribution >= 4 is 29.9 Å². The normalized spacial score (nSPS) is 11.0. The van der Waals surface area contributed by atoms with Gasteiger partial charge in [0.25, 0.3) is 0 Å². The third kappa shape index (κ3) is 5.90. The summed E-state index contributed by atoms with van der Waals surface area (Å²) in [4.78, 5) is 8.49. The van der Waals surface area contributed by atoms with Gasteiger partial charge in [-0.2, -0.15) is 0 Å². The van der Waals surface area contributed by atoms with Crippen LogP contribution in [0.5, 0.6) is 0 Å². The summed E-state index contributed by atoms with van der Waals surface area (Å²) in [6.45, 7) is 1.05. The molecule has 3 N–H and O–H groups in total. The van der Waals surface area contributed by atoms with E-state index in [2.05, 4.69) is 27.4 Å². The second-order valence-corrected chi connectivity index (χ2v) is 5.35. The van der Waals surface area contributed by atoms with Crippen LogP contribution in [0.25, 0.3) is 11.3 Å². The number of hydrogen-bond donors (Lipinski definition) is 2. The first-order valence-corrected chi connectivity index (χ1v) is 7.89. The first kappa shape index (κ1) is 19.0. The van der Waals surface area contributed by atoms with Gasteiger partial charge in [0.1, 0.15) is 6.54 Å². The van der Waals surface area contributed by atoms with Crippen LogP contribution < -0.4 is 11.1 Å². The molecule has 5 nitrogen and oxygen atoms in total. The highest BCUT2D eigenvalue weighted by atomic mass is 127. The molecular formula is C19H21IN4O. The molecule has 0 aliphatic heterocycles. The number of benzene rings is 2. The lowest BCUT2D eigenvalue weighted by molar-refractivity contribution is 0.509. The van der Waals surface area contributed by atoms with E-state index in [4.69, 9.17) is 10.2 Å². The summed E-state index contributed by atoms with van der Waals surface area (Å²) in [5.41, 5.74) is 8.13. The molecule has 0 atom stereocenters. The number of halogens is 1. The first-order valence-electron chi connectivity index (χ1n) is 7.89. The van der Waals surface area contributed by atoms with Crippen LogP contribution in [0.1, 0.15) is 11.5 Å². The van der Waals surface area contributed by atoms with Crippen LogP contribution in [0.3, 0.4) is 0 Å². The van der Waals surface area contributed by atoms with E-state index >= 15 is 0 Å². The highest BCUT2D eigenvalue weighted by Gasteiger charge is 2.05. The Morgan fingerprint density at radius 2 is 1.72 bits per heavy atom. The topological polar surface area (TPSA) is 76.4 Å². The van der Waals surface area contributed by atoms with Crippen LogP contribution in [0.15, 0.2) is 76.3 Å². The Morgan fingerprint density at radius 1 is 1.04 bits per heavy atom. The maximum atomic E-state index is 5.87. The van der Waals surface area contributed by atoms with E-state index in [0.29, 0.717) is 18.4 Å². The molecule has 0 radical (unpaired) electrons. The molecule has 6 heteroatoms. The van der Waals surface area contributed by atoms with Gasteiger partial charge >= 0.3 is 0 Å². The second-order valence-electron chi connectivity index (χ2n) is 5.35. The van der Waals surface area contributed by atoms with Crippen molar-refractivity contribution in [1.29, 1.82) is 0 Å². The van der Waals surface area contributed by atoms with Crippen molar-refractivity contribution in [2.75, 3.05) is 6.54 Å². The van der Waals surface area contributed by atoms with E-state index in [9.17, 15) is 0 Å². The largest absolute Gasteiger partial charge is 0.439 e. The lowest BCUT2D eigenvalue weighted by Gasteiger charge is -2.05. The summed E-state index contributed by atoms with van der Waals surface area (Å²) in [5, 5.41) is 3.10. The van der Waals surface area contributed by atoms with Crippen LogP contribution >= 0.6 is 24.0 Å². The molecule has 0 unspecified atom stereocenters. The van der Waals surface area contributed by atoms with Crippen molar-refractivity contribution < 1.29 is 4.42 Å². The summed E-state index contributed by atoms with van der Waals surface area (Å²) in [6, 6.07) is 20.1. The Kier molecular flexibility index (Phi) is 7.46. The van der Waals surface area contributed by atoms with Gasteiger partial charge in [0, 0.05) is 12.1 Å². The second kappa shape index (κ2) is 9.83. The number of aromatic nitrogens is 1. The van der Waals surface area contributed by atoms with E-state index in [1.165, 1.54) is 5.56 Å². The number of aliphatic imine (C=N–C) groups is 1. The molecule has 0 amide bonds. The summed E-state index contributed by atoms with van der Waals surface area (Å²) in [5.74, 6) is 1.67. The minimum Gasteiger partial charge on any atom is -0.439 e. The van der Waals surface area contributed by atoms with Crippen molar-refractivity contribution in [2.24, 2.45) is 10.7 Å². The van der Waals surface area contributed by atoms with Gasteiger partial charge in [-0.05, 0) is 12.0 Å². The molecule has 0 aliphatic carbocycles. The fourth-order valence-corrected chi connectivity index (χ4v) is 2.31. The van der Waals surface area contributed by atoms with Crippen molar-refractivity contribution in [3.63, 3.8) is 0 Å². The Morgan fingerprint density at radius 3 is 2.44 bits per heavy atom. The molecule has 0 fully saturated rings. The van der Waals surface area contributed by atoms with Crippen molar-refractivity contribution in [1.82, 2.24) is 10.3 Å². The summed E-state index contributed by atoms with van der Waals surface area (Å²) >= 11 is 0. The van der Waals surface area contributed by atoms with E-state index in [0.717, 1.165) is 24.3 Å². The molecule has 0 aliphatic rings. The van der Waals surface area contributed by atoms with Crippen LogP contribution in [0, 0.1) is 0 Å². The molecule has 25 heavy (non-hydrogen) atoms. The number of guanidine groups is 1. The van der Waals surface area contributed by atoms with Gasteiger partial charge in [0.15, 0.2) is 11.7 Å². The number of nitrogens with zero attached hydrogens (tertiary/aromatic N) is 2. The van der Waals surface area contributed by atoms with E-state index < -0.39 is 0 Å². The zero-order valence-corrected chi connectivity index (χ0v) is 16.1. The molecule has 1 heterocycles. The molecule has 1 aromatic heterocycles. The van der Waals surface area contributed by atoms with Gasteiger partial charge in [-0.3, -0.25) is 0 Å². The van der Waals surface area contributed by atoms with Crippen LogP contribution in [0.4, 0.5) is 0 Å². The molecule has 3 aromatic rings. The lowest BCUT2D eigenvalue weighted by atomic mass is 10.1. The number of rotatable bonds is 6. The van der Waals surface area contributed by atoms with Gasteiger partial charge in [-0.25, -0.2) is 9.98 Å². The predicted octanol–water partition coefficient (Wildman–Crippen LogP) is 3.61. The molecular weight excluding hydrogens is 427 g/mol. The summed E-state index contributed by atoms with van der Waals surface area (Å²) < 4.78 is 5.69. The highest BCUT2D eigenvalue weighted by molar-refractivity contribution is 14.0. The monoisotopic (exact) mass is 448 g/mol. The third-order valence-electron chi connectivity index (χ3n) is 3.56. The van der Waals surface area contributed by atoms with Gasteiger partial charge in [-0.1, -0.05) is 60.7 Å². The molecule has 2 aromatic carbocycles. The van der Waals surface area contributed by atoms with Gasteiger partial charge < -0.3 is 15.5 Å². The van der Waals surface area contributed by atoms with Crippen LogP contribution in [-0.2, 0) is 13.0 Å². The highest BCUT2D eigenvalue weighted by Crippen LogP contribution is 2.19. The van der Waals surface area contributed by atoms with Crippen LogP contribution in [-0.4, -0.2) is 17.5 Å². The molecule has 0 spiro atoms. The Bertz CT molecular complexity index is 787. The molecule has 0 saturated carbocycles. The maximum Gasteiger partial charge on any atom is 0.216 e. The Hall–Kier alpha value is -2.35. The van der Waals surface area contributed by atoms with E-state index in [1.807, 2.05) is 48.5 Å². The zero-order chi connectivity index (χ0) is 16.6. The average molecular weight is 448 g/mol. The quantitative estimate of drug-likeness (QED) is 0.343. The minimum absolute atomic E-state index is 0. The van der Waals surface area contributed by atoms with Gasteiger partial charge in [0.2, 0.25) is 5.89 Å². The number of nitrogens with two attached hydrogens (primary N) is 1. The third-order valence-corrected chi connectivity index (χ3v) is 3.56. The average Bonchev–Trinajstić information content (AvgIpc) is 3.11. The van der Waals surface area contributed by atoms with Crippen LogP contribution in [0.2, 0.25) is 0 Å².